The van der Waals surface area contributed by atoms with E-state index in [2.05, 4.69) is 26.8 Å². The summed E-state index contributed by atoms with van der Waals surface area (Å²) in [6, 6.07) is 0. The number of aromatic nitrogens is 3. The van der Waals surface area contributed by atoms with Gasteiger partial charge in [-0.15, -0.1) is 6.58 Å². The number of rotatable bonds is 10. The van der Waals surface area contributed by atoms with Crippen molar-refractivity contribution in [1.82, 2.24) is 25.2 Å². The number of nitrogens with one attached hydrogen (secondary N) is 2. The van der Waals surface area contributed by atoms with Gasteiger partial charge in [-0.05, 0) is 56.3 Å². The van der Waals surface area contributed by atoms with Gasteiger partial charge in [-0.1, -0.05) is 6.08 Å². The number of imidazole rings is 1. The average Bonchev–Trinajstić information content (AvgIpc) is 3.10. The molecule has 3 rings (SSSR count). The zero-order valence-electron chi connectivity index (χ0n) is 17.3. The van der Waals surface area contributed by atoms with Crippen LogP contribution in [0.5, 0.6) is 0 Å². The van der Waals surface area contributed by atoms with E-state index in [1.807, 2.05) is 0 Å². The van der Waals surface area contributed by atoms with Gasteiger partial charge in [-0.3, -0.25) is 0 Å². The molecule has 0 bridgehead atoms. The predicted octanol–water partition coefficient (Wildman–Crippen LogP) is 2.51. The molecular weight excluding hydrogens is 384 g/mol. The van der Waals surface area contributed by atoms with Gasteiger partial charge in [0.15, 0.2) is 10.9 Å². The van der Waals surface area contributed by atoms with E-state index in [4.69, 9.17) is 27.7 Å². The average molecular weight is 417 g/mol. The van der Waals surface area contributed by atoms with Crippen LogP contribution in [0.2, 0.25) is 0 Å². The standard InChI is InChI=1S/C21H32N6OS/c1-3-11-23-21(29)24-12-6-7-13-27-17(10-14-28-2)26-18-19(27)15-8-4-5-9-16(15)25-20(18)22/h3H,1,4-14H2,2H3,(H2,22,25)(H2,23,24,29). The monoisotopic (exact) mass is 416 g/mol. The van der Waals surface area contributed by atoms with Crippen molar-refractivity contribution >= 4 is 34.2 Å². The highest BCUT2D eigenvalue weighted by atomic mass is 32.1. The summed E-state index contributed by atoms with van der Waals surface area (Å²) in [7, 11) is 1.72. The Morgan fingerprint density at radius 3 is 2.90 bits per heavy atom. The Kier molecular flexibility index (Phi) is 7.83. The number of anilines is 1. The van der Waals surface area contributed by atoms with E-state index in [1.54, 1.807) is 13.2 Å². The summed E-state index contributed by atoms with van der Waals surface area (Å²) in [5.74, 6) is 1.59. The normalized spacial score (nSPS) is 13.3. The van der Waals surface area contributed by atoms with Gasteiger partial charge in [0.2, 0.25) is 0 Å². The second-order valence-corrected chi connectivity index (χ2v) is 7.79. The zero-order valence-corrected chi connectivity index (χ0v) is 18.1. The van der Waals surface area contributed by atoms with Crippen LogP contribution in [0.1, 0.15) is 42.8 Å². The molecule has 1 aliphatic carbocycles. The Labute approximate surface area is 178 Å². The van der Waals surface area contributed by atoms with Gasteiger partial charge in [0.1, 0.15) is 11.3 Å². The molecular formula is C21H32N6OS. The summed E-state index contributed by atoms with van der Waals surface area (Å²) in [6.45, 7) is 6.74. The molecule has 0 saturated carbocycles. The predicted molar refractivity (Wildman–Crippen MR) is 122 cm³/mol. The van der Waals surface area contributed by atoms with Gasteiger partial charge in [0.05, 0.1) is 12.1 Å². The van der Waals surface area contributed by atoms with E-state index in [-0.39, 0.29) is 0 Å². The number of hydrogen-bond donors (Lipinski definition) is 3. The smallest absolute Gasteiger partial charge is 0.166 e. The fourth-order valence-electron chi connectivity index (χ4n) is 3.90. The summed E-state index contributed by atoms with van der Waals surface area (Å²) < 4.78 is 7.65. The van der Waals surface area contributed by atoms with E-state index >= 15 is 0 Å². The molecule has 0 saturated heterocycles. The van der Waals surface area contributed by atoms with Crippen LogP contribution in [0.25, 0.3) is 11.0 Å². The second-order valence-electron chi connectivity index (χ2n) is 7.38. The van der Waals surface area contributed by atoms with Gasteiger partial charge in [-0.2, -0.15) is 0 Å². The third kappa shape index (κ3) is 5.25. The molecule has 8 heteroatoms. The molecule has 2 aromatic heterocycles. The highest BCUT2D eigenvalue weighted by molar-refractivity contribution is 7.80. The quantitative estimate of drug-likeness (QED) is 0.311. The van der Waals surface area contributed by atoms with Crippen molar-refractivity contribution in [1.29, 1.82) is 0 Å². The fourth-order valence-corrected chi connectivity index (χ4v) is 4.08. The minimum absolute atomic E-state index is 0.554. The van der Waals surface area contributed by atoms with Gasteiger partial charge in [0, 0.05) is 38.9 Å². The van der Waals surface area contributed by atoms with Crippen molar-refractivity contribution < 1.29 is 4.74 Å². The van der Waals surface area contributed by atoms with Crippen molar-refractivity contribution in [3.63, 3.8) is 0 Å². The maximum atomic E-state index is 6.28. The molecule has 158 valence electrons. The number of hydrogen-bond acceptors (Lipinski definition) is 5. The first-order chi connectivity index (χ1) is 14.2. The lowest BCUT2D eigenvalue weighted by Crippen LogP contribution is -2.35. The molecule has 1 aliphatic rings. The van der Waals surface area contributed by atoms with Gasteiger partial charge in [0.25, 0.3) is 0 Å². The van der Waals surface area contributed by atoms with Gasteiger partial charge >= 0.3 is 0 Å². The van der Waals surface area contributed by atoms with Crippen LogP contribution >= 0.6 is 12.2 Å². The summed E-state index contributed by atoms with van der Waals surface area (Å²) in [4.78, 5) is 9.52. The van der Waals surface area contributed by atoms with E-state index in [1.165, 1.54) is 23.9 Å². The molecule has 0 fully saturated rings. The molecule has 0 spiro atoms. The molecule has 4 N–H and O–H groups in total. The molecule has 0 amide bonds. The highest BCUT2D eigenvalue weighted by Crippen LogP contribution is 2.31. The zero-order chi connectivity index (χ0) is 20.6. The highest BCUT2D eigenvalue weighted by Gasteiger charge is 2.22. The van der Waals surface area contributed by atoms with Crippen LogP contribution in [0.4, 0.5) is 5.82 Å². The Hall–Kier alpha value is -2.19. The number of ether oxygens (including phenoxy) is 1. The maximum absolute atomic E-state index is 6.28. The van der Waals surface area contributed by atoms with Crippen LogP contribution in [0.15, 0.2) is 12.7 Å². The minimum atomic E-state index is 0.554. The molecule has 0 atom stereocenters. The van der Waals surface area contributed by atoms with Crippen LogP contribution in [-0.4, -0.2) is 46.5 Å². The largest absolute Gasteiger partial charge is 0.384 e. The van der Waals surface area contributed by atoms with E-state index in [0.29, 0.717) is 24.1 Å². The number of fused-ring (bicyclic) bond motifs is 3. The van der Waals surface area contributed by atoms with Crippen molar-refractivity contribution in [2.45, 2.75) is 51.5 Å². The molecule has 0 radical (unpaired) electrons. The Balaban J connectivity index is 1.75. The van der Waals surface area contributed by atoms with Crippen LogP contribution in [0.3, 0.4) is 0 Å². The Bertz CT molecular complexity index is 863. The molecule has 0 aromatic carbocycles. The third-order valence-electron chi connectivity index (χ3n) is 5.30. The summed E-state index contributed by atoms with van der Waals surface area (Å²) in [6.07, 6.45) is 9.05. The topological polar surface area (TPSA) is 90.0 Å². The fraction of sp³-hybridized carbons (Fsp3) is 0.571. The molecule has 7 nitrogen and oxygen atoms in total. The van der Waals surface area contributed by atoms with Crippen molar-refractivity contribution in [2.75, 3.05) is 32.5 Å². The van der Waals surface area contributed by atoms with Crippen molar-refractivity contribution in [3.05, 3.63) is 29.7 Å². The lowest BCUT2D eigenvalue weighted by molar-refractivity contribution is 0.199. The first-order valence-electron chi connectivity index (χ1n) is 10.4. The number of nitrogens with two attached hydrogens (primary N) is 1. The second kappa shape index (κ2) is 10.5. The number of methoxy groups -OCH3 is 1. The number of nitrogen functional groups attached to an aromatic ring is 1. The summed E-state index contributed by atoms with van der Waals surface area (Å²) in [5, 5.41) is 7.00. The lowest BCUT2D eigenvalue weighted by atomic mass is 9.95. The number of thiocarbonyl (C=S) groups is 1. The van der Waals surface area contributed by atoms with Crippen LogP contribution in [0, 0.1) is 0 Å². The SMILES string of the molecule is C=CCNC(=S)NCCCCn1c(CCOC)nc2c(N)nc3c(c21)CCCC3. The van der Waals surface area contributed by atoms with Crippen molar-refractivity contribution in [2.24, 2.45) is 0 Å². The van der Waals surface area contributed by atoms with Crippen LogP contribution < -0.4 is 16.4 Å². The number of pyridine rings is 1. The molecule has 2 heterocycles. The Morgan fingerprint density at radius 1 is 1.28 bits per heavy atom. The van der Waals surface area contributed by atoms with E-state index in [0.717, 1.165) is 62.2 Å². The molecule has 2 aromatic rings. The minimum Gasteiger partial charge on any atom is -0.384 e. The number of aryl methyl sites for hydroxylation is 3. The Morgan fingerprint density at radius 2 is 2.10 bits per heavy atom. The summed E-state index contributed by atoms with van der Waals surface area (Å²) >= 11 is 5.24. The first-order valence-corrected chi connectivity index (χ1v) is 10.8. The van der Waals surface area contributed by atoms with Crippen molar-refractivity contribution in [3.8, 4) is 0 Å². The molecule has 0 unspecified atom stereocenters. The molecule has 0 aliphatic heterocycles. The third-order valence-corrected chi connectivity index (χ3v) is 5.59. The lowest BCUT2D eigenvalue weighted by Gasteiger charge is -2.18. The first kappa shape index (κ1) is 21.5. The number of unbranched alkanes of at least 4 members (excludes halogenated alkanes) is 1. The number of nitrogens with zero attached hydrogens (tertiary/aromatic N) is 3. The van der Waals surface area contributed by atoms with Crippen LogP contribution in [-0.2, 0) is 30.5 Å². The molecule has 29 heavy (non-hydrogen) atoms. The summed E-state index contributed by atoms with van der Waals surface area (Å²) in [5.41, 5.74) is 10.8. The van der Waals surface area contributed by atoms with E-state index < -0.39 is 0 Å². The van der Waals surface area contributed by atoms with Gasteiger partial charge in [-0.25, -0.2) is 9.97 Å². The van der Waals surface area contributed by atoms with Gasteiger partial charge < -0.3 is 25.7 Å². The maximum Gasteiger partial charge on any atom is 0.166 e. The van der Waals surface area contributed by atoms with E-state index in [9.17, 15) is 0 Å².